The van der Waals surface area contributed by atoms with Gasteiger partial charge in [0.15, 0.2) is 0 Å². The van der Waals surface area contributed by atoms with Crippen molar-refractivity contribution >= 4 is 51.1 Å². The molecule has 150 valence electrons. The zero-order chi connectivity index (χ0) is 20.4. The molecule has 1 aliphatic heterocycles. The van der Waals surface area contributed by atoms with Gasteiger partial charge in [-0.15, -0.1) is 11.6 Å². The first kappa shape index (κ1) is 22.2. The summed E-state index contributed by atoms with van der Waals surface area (Å²) < 4.78 is 5.95. The molecule has 0 aromatic carbocycles. The highest BCUT2D eigenvalue weighted by Gasteiger charge is 2.40. The number of hydrogen-bond donors (Lipinski definition) is 1. The van der Waals surface area contributed by atoms with Crippen LogP contribution in [0.2, 0.25) is 5.15 Å². The first-order valence-electron chi connectivity index (χ1n) is 8.34. The van der Waals surface area contributed by atoms with Crippen LogP contribution in [0.4, 0.5) is 4.79 Å². The van der Waals surface area contributed by atoms with Gasteiger partial charge in [0.25, 0.3) is 0 Å². The lowest BCUT2D eigenvalue weighted by molar-refractivity contribution is -0.139. The van der Waals surface area contributed by atoms with Crippen molar-refractivity contribution in [2.24, 2.45) is 0 Å². The second-order valence-corrected chi connectivity index (χ2v) is 8.69. The molecule has 1 saturated heterocycles. The van der Waals surface area contributed by atoms with Crippen molar-refractivity contribution in [1.29, 1.82) is 0 Å². The Kier molecular flexibility index (Phi) is 7.35. The zero-order valence-corrected chi connectivity index (χ0v) is 18.4. The molecule has 2 heterocycles. The van der Waals surface area contributed by atoms with E-state index in [1.807, 2.05) is 0 Å². The average molecular weight is 483 g/mol. The smallest absolute Gasteiger partial charge is 0.410 e. The van der Waals surface area contributed by atoms with Gasteiger partial charge >= 0.3 is 6.09 Å². The second-order valence-electron chi connectivity index (χ2n) is 7.22. The Balaban J connectivity index is 2.42. The first-order valence-corrected chi connectivity index (χ1v) is 10.0. The van der Waals surface area contributed by atoms with Crippen LogP contribution in [0.5, 0.6) is 0 Å². The van der Waals surface area contributed by atoms with Gasteiger partial charge in [-0.2, -0.15) is 0 Å². The second kappa shape index (κ2) is 8.94. The number of aliphatic hydroxyl groups is 1. The lowest BCUT2D eigenvalue weighted by atomic mass is 9.99. The molecule has 0 radical (unpaired) electrons. The van der Waals surface area contributed by atoms with E-state index in [4.69, 9.17) is 27.9 Å². The Morgan fingerprint density at radius 2 is 2.04 bits per heavy atom. The molecular formula is C17H22BrCl2N3O4. The highest BCUT2D eigenvalue weighted by atomic mass is 79.9. The molecule has 1 aliphatic rings. The molecule has 2 amide bonds. The SMILES string of the molecule is CC(C)(C)OC(=O)N1CC(CO)N(C(=O)CCl)C(c2cc(Cl)nc(Br)c2)C1. The normalized spacial score (nSPS) is 20.6. The van der Waals surface area contributed by atoms with Crippen LogP contribution in [-0.2, 0) is 9.53 Å². The van der Waals surface area contributed by atoms with Gasteiger partial charge in [-0.3, -0.25) is 4.79 Å². The Hall–Kier alpha value is -1.09. The fourth-order valence-electron chi connectivity index (χ4n) is 2.98. The third-order valence-corrected chi connectivity index (χ3v) is 4.82. The van der Waals surface area contributed by atoms with E-state index in [2.05, 4.69) is 20.9 Å². The van der Waals surface area contributed by atoms with Gasteiger partial charge < -0.3 is 19.6 Å². The number of alkyl halides is 1. The number of pyridine rings is 1. The van der Waals surface area contributed by atoms with Crippen LogP contribution in [0.1, 0.15) is 32.4 Å². The number of carbonyl (C=O) groups is 2. The maximum absolute atomic E-state index is 12.6. The van der Waals surface area contributed by atoms with E-state index in [1.54, 1.807) is 32.9 Å². The van der Waals surface area contributed by atoms with Gasteiger partial charge in [0.05, 0.1) is 18.7 Å². The highest BCUT2D eigenvalue weighted by molar-refractivity contribution is 9.10. The molecule has 2 unspecified atom stereocenters. The van der Waals surface area contributed by atoms with Crippen molar-refractivity contribution in [3.63, 3.8) is 0 Å². The van der Waals surface area contributed by atoms with E-state index in [0.717, 1.165) is 0 Å². The molecule has 0 saturated carbocycles. The van der Waals surface area contributed by atoms with Crippen molar-refractivity contribution < 1.29 is 19.4 Å². The Labute approximate surface area is 176 Å². The number of piperazine rings is 1. The standard InChI is InChI=1S/C17H22BrCl2N3O4/c1-17(2,3)27-16(26)22-7-11(9-24)23(15(25)6-19)12(8-22)10-4-13(18)21-14(20)5-10/h4-5,11-12,24H,6-9H2,1-3H3. The van der Waals surface area contributed by atoms with Gasteiger partial charge in [-0.05, 0) is 54.4 Å². The predicted octanol–water partition coefficient (Wildman–Crippen LogP) is 3.22. The van der Waals surface area contributed by atoms with Gasteiger partial charge in [0.2, 0.25) is 5.91 Å². The third-order valence-electron chi connectivity index (χ3n) is 3.99. The van der Waals surface area contributed by atoms with Crippen molar-refractivity contribution in [3.8, 4) is 0 Å². The van der Waals surface area contributed by atoms with Crippen LogP contribution in [0.25, 0.3) is 0 Å². The number of carbonyl (C=O) groups excluding carboxylic acids is 2. The lowest BCUT2D eigenvalue weighted by Crippen LogP contribution is -2.60. The molecule has 7 nitrogen and oxygen atoms in total. The molecule has 1 aromatic heterocycles. The third kappa shape index (κ3) is 5.70. The van der Waals surface area contributed by atoms with Crippen molar-refractivity contribution in [2.45, 2.75) is 38.5 Å². The summed E-state index contributed by atoms with van der Waals surface area (Å²) in [6, 6.07) is 2.18. The summed E-state index contributed by atoms with van der Waals surface area (Å²) in [5, 5.41) is 10.1. The van der Waals surface area contributed by atoms with E-state index < -0.39 is 23.8 Å². The van der Waals surface area contributed by atoms with Crippen LogP contribution in [0.3, 0.4) is 0 Å². The molecule has 0 bridgehead atoms. The summed E-state index contributed by atoms with van der Waals surface area (Å²) in [4.78, 5) is 32.1. The Morgan fingerprint density at radius 3 is 2.56 bits per heavy atom. The van der Waals surface area contributed by atoms with E-state index in [0.29, 0.717) is 10.2 Å². The summed E-state index contributed by atoms with van der Waals surface area (Å²) >= 11 is 15.1. The van der Waals surface area contributed by atoms with Gasteiger partial charge in [-0.1, -0.05) is 11.6 Å². The van der Waals surface area contributed by atoms with Gasteiger partial charge in [0, 0.05) is 13.1 Å². The van der Waals surface area contributed by atoms with Crippen LogP contribution in [0, 0.1) is 0 Å². The first-order chi connectivity index (χ1) is 12.6. The average Bonchev–Trinajstić information content (AvgIpc) is 2.57. The number of aromatic nitrogens is 1. The molecule has 1 aromatic rings. The van der Waals surface area contributed by atoms with Gasteiger partial charge in [0.1, 0.15) is 21.2 Å². The minimum absolute atomic E-state index is 0.143. The van der Waals surface area contributed by atoms with Crippen molar-refractivity contribution in [3.05, 3.63) is 27.5 Å². The number of ether oxygens (including phenoxy) is 1. The summed E-state index contributed by atoms with van der Waals surface area (Å²) in [7, 11) is 0. The molecule has 1 N–H and O–H groups in total. The maximum atomic E-state index is 12.6. The Bertz CT molecular complexity index is 694. The summed E-state index contributed by atoms with van der Waals surface area (Å²) in [6.07, 6.45) is -0.511. The number of aliphatic hydroxyl groups excluding tert-OH is 1. The number of halogens is 3. The monoisotopic (exact) mass is 481 g/mol. The lowest BCUT2D eigenvalue weighted by Gasteiger charge is -2.46. The topological polar surface area (TPSA) is 83.0 Å². The quantitative estimate of drug-likeness (QED) is 0.528. The van der Waals surface area contributed by atoms with Crippen molar-refractivity contribution in [1.82, 2.24) is 14.8 Å². The molecule has 1 fully saturated rings. The fraction of sp³-hybridized carbons (Fsp3) is 0.588. The summed E-state index contributed by atoms with van der Waals surface area (Å²) in [6.45, 7) is 5.33. The minimum atomic E-state index is -0.659. The fourth-order valence-corrected chi connectivity index (χ4v) is 3.89. The van der Waals surface area contributed by atoms with Crippen LogP contribution >= 0.6 is 39.1 Å². The Morgan fingerprint density at radius 1 is 1.37 bits per heavy atom. The minimum Gasteiger partial charge on any atom is -0.444 e. The molecule has 2 atom stereocenters. The zero-order valence-electron chi connectivity index (χ0n) is 15.3. The van der Waals surface area contributed by atoms with Gasteiger partial charge in [-0.25, -0.2) is 9.78 Å². The highest BCUT2D eigenvalue weighted by Crippen LogP contribution is 2.32. The molecule has 10 heteroatoms. The molecule has 0 aliphatic carbocycles. The number of hydrogen-bond acceptors (Lipinski definition) is 5. The molecular weight excluding hydrogens is 461 g/mol. The number of rotatable bonds is 3. The molecule has 0 spiro atoms. The number of nitrogens with zero attached hydrogens (tertiary/aromatic N) is 3. The number of amides is 2. The molecule has 2 rings (SSSR count). The molecule has 27 heavy (non-hydrogen) atoms. The van der Waals surface area contributed by atoms with Crippen LogP contribution in [0.15, 0.2) is 16.7 Å². The predicted molar refractivity (Wildman–Crippen MR) is 106 cm³/mol. The van der Waals surface area contributed by atoms with Crippen LogP contribution in [-0.4, -0.2) is 69.1 Å². The van der Waals surface area contributed by atoms with Crippen molar-refractivity contribution in [2.75, 3.05) is 25.6 Å². The maximum Gasteiger partial charge on any atom is 0.410 e. The summed E-state index contributed by atoms with van der Waals surface area (Å²) in [5.74, 6) is -0.576. The van der Waals surface area contributed by atoms with E-state index in [-0.39, 0.29) is 36.6 Å². The van der Waals surface area contributed by atoms with E-state index >= 15 is 0 Å². The van der Waals surface area contributed by atoms with E-state index in [9.17, 15) is 14.7 Å². The summed E-state index contributed by atoms with van der Waals surface area (Å²) in [5.41, 5.74) is 0.0139. The van der Waals surface area contributed by atoms with E-state index in [1.165, 1.54) is 9.80 Å². The van der Waals surface area contributed by atoms with Crippen LogP contribution < -0.4 is 0 Å². The largest absolute Gasteiger partial charge is 0.444 e.